The number of esters is 4. The topological polar surface area (TPSA) is 124 Å². The second-order valence-corrected chi connectivity index (χ2v) is 10.7. The molecule has 0 aliphatic heterocycles. The van der Waals surface area contributed by atoms with Crippen LogP contribution in [0.2, 0.25) is 0 Å². The molecular weight excluding hydrogens is 604 g/mol. The molecule has 0 aliphatic rings. The second kappa shape index (κ2) is 20.1. The van der Waals surface area contributed by atoms with Gasteiger partial charge in [-0.3, -0.25) is 4.79 Å². The first-order valence-electron chi connectivity index (χ1n) is 15.6. The van der Waals surface area contributed by atoms with Gasteiger partial charge in [-0.05, 0) is 125 Å². The quantitative estimate of drug-likeness (QED) is 0.0535. The number of ether oxygens (including phenoxy) is 6. The van der Waals surface area contributed by atoms with Crippen LogP contribution in [-0.4, -0.2) is 50.8 Å². The lowest BCUT2D eigenvalue weighted by Gasteiger charge is -2.09. The fourth-order valence-electron chi connectivity index (χ4n) is 4.16. The predicted molar refractivity (Wildman–Crippen MR) is 175 cm³/mol. The van der Waals surface area contributed by atoms with Crippen molar-refractivity contribution in [2.75, 3.05) is 26.9 Å². The van der Waals surface area contributed by atoms with Gasteiger partial charge in [0.25, 0.3) is 0 Å². The van der Waals surface area contributed by atoms with Crippen LogP contribution in [0, 0.1) is 0 Å². The van der Waals surface area contributed by atoms with Gasteiger partial charge >= 0.3 is 23.9 Å². The van der Waals surface area contributed by atoms with Crippen LogP contribution < -0.4 is 18.9 Å². The van der Waals surface area contributed by atoms with Crippen molar-refractivity contribution >= 4 is 23.9 Å². The minimum atomic E-state index is -0.526. The number of methoxy groups -OCH3 is 1. The number of hydrogen-bond donors (Lipinski definition) is 0. The lowest BCUT2D eigenvalue weighted by atomic mass is 10.2. The maximum absolute atomic E-state index is 12.6. The summed E-state index contributed by atoms with van der Waals surface area (Å²) in [5, 5.41) is 0. The smallest absolute Gasteiger partial charge is 0.343 e. The maximum Gasteiger partial charge on any atom is 0.343 e. The van der Waals surface area contributed by atoms with Gasteiger partial charge in [-0.2, -0.15) is 0 Å². The molecule has 0 atom stereocenters. The minimum absolute atomic E-state index is 0.207. The third kappa shape index (κ3) is 13.8. The summed E-state index contributed by atoms with van der Waals surface area (Å²) in [5.74, 6) is 0.274. The van der Waals surface area contributed by atoms with E-state index < -0.39 is 11.9 Å². The molecule has 3 aromatic rings. The van der Waals surface area contributed by atoms with Gasteiger partial charge in [0.1, 0.15) is 23.0 Å². The Labute approximate surface area is 275 Å². The Morgan fingerprint density at radius 2 is 1.00 bits per heavy atom. The van der Waals surface area contributed by atoms with E-state index >= 15 is 0 Å². The van der Waals surface area contributed by atoms with Crippen LogP contribution in [0.25, 0.3) is 0 Å². The maximum atomic E-state index is 12.6. The van der Waals surface area contributed by atoms with E-state index in [1.807, 2.05) is 0 Å². The molecule has 3 aromatic carbocycles. The van der Waals surface area contributed by atoms with Crippen molar-refractivity contribution in [2.45, 2.75) is 58.3 Å². The summed E-state index contributed by atoms with van der Waals surface area (Å²) in [6.45, 7) is 6.39. The molecule has 10 heteroatoms. The summed E-state index contributed by atoms with van der Waals surface area (Å²) >= 11 is 0. The Hall–Kier alpha value is -5.12. The normalized spacial score (nSPS) is 10.4. The van der Waals surface area contributed by atoms with Crippen LogP contribution in [0.3, 0.4) is 0 Å². The van der Waals surface area contributed by atoms with Crippen LogP contribution in [0.15, 0.2) is 84.9 Å². The van der Waals surface area contributed by atoms with Gasteiger partial charge in [0.2, 0.25) is 0 Å². The summed E-state index contributed by atoms with van der Waals surface area (Å²) in [6, 6.07) is 19.5. The molecule has 3 rings (SSSR count). The highest BCUT2D eigenvalue weighted by Gasteiger charge is 2.12. The molecule has 0 saturated heterocycles. The lowest BCUT2D eigenvalue weighted by Crippen LogP contribution is -2.09. The third-order valence-corrected chi connectivity index (χ3v) is 6.84. The van der Waals surface area contributed by atoms with Crippen LogP contribution in [-0.2, 0) is 19.1 Å². The van der Waals surface area contributed by atoms with E-state index in [0.29, 0.717) is 78.8 Å². The van der Waals surface area contributed by atoms with Crippen LogP contribution in [0.5, 0.6) is 23.0 Å². The van der Waals surface area contributed by atoms with E-state index in [2.05, 4.69) is 6.58 Å². The van der Waals surface area contributed by atoms with E-state index in [1.54, 1.807) is 86.8 Å². The number of rotatable bonds is 20. The summed E-state index contributed by atoms with van der Waals surface area (Å²) in [5.41, 5.74) is 1.13. The Morgan fingerprint density at radius 1 is 0.553 bits per heavy atom. The van der Waals surface area contributed by atoms with Crippen LogP contribution >= 0.6 is 0 Å². The SMILES string of the molecule is C=C(C)C(=O)OCCCCCC(=O)OCCCCCCOc1ccc(C(=O)Oc2ccc(OC(=O)c3ccc(OC)cc3)cc2)cc1. The predicted octanol–water partition coefficient (Wildman–Crippen LogP) is 7.30. The molecule has 0 bridgehead atoms. The van der Waals surface area contributed by atoms with Gasteiger partial charge in [-0.15, -0.1) is 0 Å². The molecule has 0 saturated carbocycles. The van der Waals surface area contributed by atoms with Gasteiger partial charge in [0.05, 0.1) is 38.1 Å². The summed E-state index contributed by atoms with van der Waals surface area (Å²) in [7, 11) is 1.55. The van der Waals surface area contributed by atoms with Crippen molar-refractivity contribution in [3.63, 3.8) is 0 Å². The average Bonchev–Trinajstić information content (AvgIpc) is 3.08. The zero-order chi connectivity index (χ0) is 33.9. The van der Waals surface area contributed by atoms with Crippen molar-refractivity contribution in [1.82, 2.24) is 0 Å². The molecule has 0 amide bonds. The zero-order valence-electron chi connectivity index (χ0n) is 27.0. The molecular formula is C37H42O10. The monoisotopic (exact) mass is 646 g/mol. The van der Waals surface area contributed by atoms with Gasteiger partial charge in [0.15, 0.2) is 0 Å². The molecule has 0 heterocycles. The van der Waals surface area contributed by atoms with E-state index in [-0.39, 0.29) is 11.9 Å². The molecule has 47 heavy (non-hydrogen) atoms. The van der Waals surface area contributed by atoms with Gasteiger partial charge in [-0.1, -0.05) is 6.58 Å². The summed E-state index contributed by atoms with van der Waals surface area (Å²) in [6.07, 6.45) is 6.04. The van der Waals surface area contributed by atoms with Crippen molar-refractivity contribution < 1.29 is 47.6 Å². The molecule has 0 unspecified atom stereocenters. The number of benzene rings is 3. The fourth-order valence-corrected chi connectivity index (χ4v) is 4.16. The second-order valence-electron chi connectivity index (χ2n) is 10.7. The van der Waals surface area contributed by atoms with Crippen molar-refractivity contribution in [3.8, 4) is 23.0 Å². The first-order valence-corrected chi connectivity index (χ1v) is 15.6. The number of hydrogen-bond acceptors (Lipinski definition) is 10. The average molecular weight is 647 g/mol. The molecule has 0 aromatic heterocycles. The fraction of sp³-hybridized carbons (Fsp3) is 0.351. The van der Waals surface area contributed by atoms with E-state index in [4.69, 9.17) is 28.4 Å². The van der Waals surface area contributed by atoms with Crippen molar-refractivity contribution in [1.29, 1.82) is 0 Å². The van der Waals surface area contributed by atoms with Gasteiger partial charge in [-0.25, -0.2) is 14.4 Å². The number of carbonyl (C=O) groups is 4. The van der Waals surface area contributed by atoms with Crippen LogP contribution in [0.1, 0.15) is 79.0 Å². The zero-order valence-corrected chi connectivity index (χ0v) is 27.0. The van der Waals surface area contributed by atoms with Gasteiger partial charge in [0, 0.05) is 12.0 Å². The Bertz CT molecular complexity index is 1440. The van der Waals surface area contributed by atoms with Crippen molar-refractivity contribution in [2.24, 2.45) is 0 Å². The summed E-state index contributed by atoms with van der Waals surface area (Å²) in [4.78, 5) is 48.0. The first-order chi connectivity index (χ1) is 22.7. The highest BCUT2D eigenvalue weighted by molar-refractivity contribution is 5.92. The van der Waals surface area contributed by atoms with Crippen molar-refractivity contribution in [3.05, 3.63) is 96.1 Å². The highest BCUT2D eigenvalue weighted by atomic mass is 16.5. The Morgan fingerprint density at radius 3 is 1.51 bits per heavy atom. The van der Waals surface area contributed by atoms with Gasteiger partial charge < -0.3 is 28.4 Å². The third-order valence-electron chi connectivity index (χ3n) is 6.84. The van der Waals surface area contributed by atoms with Crippen LogP contribution in [0.4, 0.5) is 0 Å². The Kier molecular flexibility index (Phi) is 15.5. The van der Waals surface area contributed by atoms with E-state index in [0.717, 1.165) is 32.1 Å². The van der Waals surface area contributed by atoms with E-state index in [1.165, 1.54) is 0 Å². The Balaban J connectivity index is 1.23. The molecule has 250 valence electrons. The standard InChI is InChI=1S/C37H42O10/c1-27(2)35(39)45-26-10-6-7-11-34(38)44-25-9-5-4-8-24-43-31-18-14-29(15-19-31)37(41)47-33-22-20-32(21-23-33)46-36(40)28-12-16-30(42-3)17-13-28/h12-23H,1,4-11,24-26H2,2-3H3. The number of unbranched alkanes of at least 4 members (excludes halogenated alkanes) is 5. The molecule has 0 N–H and O–H groups in total. The lowest BCUT2D eigenvalue weighted by molar-refractivity contribution is -0.144. The largest absolute Gasteiger partial charge is 0.497 e. The van der Waals surface area contributed by atoms with E-state index in [9.17, 15) is 19.2 Å². The molecule has 10 nitrogen and oxygen atoms in total. The minimum Gasteiger partial charge on any atom is -0.497 e. The molecule has 0 fully saturated rings. The number of carbonyl (C=O) groups excluding carboxylic acids is 4. The highest BCUT2D eigenvalue weighted by Crippen LogP contribution is 2.21. The first kappa shape index (κ1) is 36.3. The molecule has 0 radical (unpaired) electrons. The molecule has 0 aliphatic carbocycles. The summed E-state index contributed by atoms with van der Waals surface area (Å²) < 4.78 is 32.0. The molecule has 0 spiro atoms.